The minimum absolute atomic E-state index is 0.00713. The number of Topliss-reactive ketones (excluding diaryl/α,β-unsaturated/α-hetero) is 1. The largest absolute Gasteiger partial charge is 0.573 e. The molecule has 2 N–H and O–H groups in total. The molecule has 0 saturated heterocycles. The van der Waals surface area contributed by atoms with E-state index in [-0.39, 0.29) is 29.6 Å². The number of carbonyl (C=O) groups excluding carboxylic acids is 1. The molecule has 3 nitrogen and oxygen atoms in total. The molecule has 0 aliphatic carbocycles. The second-order valence-corrected chi connectivity index (χ2v) is 4.37. The van der Waals surface area contributed by atoms with E-state index >= 15 is 0 Å². The zero-order valence-corrected chi connectivity index (χ0v) is 10.5. The summed E-state index contributed by atoms with van der Waals surface area (Å²) in [7, 11) is 0. The number of rotatable bonds is 6. The molecule has 0 aromatic heterocycles. The van der Waals surface area contributed by atoms with Gasteiger partial charge in [-0.05, 0) is 31.9 Å². The third kappa shape index (κ3) is 6.24. The Morgan fingerprint density at radius 2 is 2.11 bits per heavy atom. The van der Waals surface area contributed by atoms with E-state index < -0.39 is 6.36 Å². The smallest absolute Gasteiger partial charge is 0.406 e. The van der Waals surface area contributed by atoms with Crippen LogP contribution in [-0.4, -0.2) is 18.2 Å². The lowest BCUT2D eigenvalue weighted by molar-refractivity contribution is -0.274. The molecule has 1 atom stereocenters. The van der Waals surface area contributed by atoms with Gasteiger partial charge in [0.05, 0.1) is 0 Å². The van der Waals surface area contributed by atoms with Crippen LogP contribution >= 0.6 is 0 Å². The number of ketones is 1. The maximum Gasteiger partial charge on any atom is 0.573 e. The van der Waals surface area contributed by atoms with Crippen LogP contribution in [-0.2, 0) is 0 Å². The quantitative estimate of drug-likeness (QED) is 0.810. The first-order valence-electron chi connectivity index (χ1n) is 5.92. The minimum Gasteiger partial charge on any atom is -0.406 e. The summed E-state index contributed by atoms with van der Waals surface area (Å²) in [5, 5.41) is 0. The van der Waals surface area contributed by atoms with Crippen LogP contribution in [0.25, 0.3) is 0 Å². The third-order valence-corrected chi connectivity index (χ3v) is 2.45. The Morgan fingerprint density at radius 1 is 1.42 bits per heavy atom. The third-order valence-electron chi connectivity index (χ3n) is 2.45. The average Bonchev–Trinajstić information content (AvgIpc) is 2.26. The Hall–Kier alpha value is -1.56. The van der Waals surface area contributed by atoms with Crippen LogP contribution in [0.2, 0.25) is 0 Å². The van der Waals surface area contributed by atoms with Crippen LogP contribution in [0.3, 0.4) is 0 Å². The van der Waals surface area contributed by atoms with Gasteiger partial charge in [-0.25, -0.2) is 0 Å². The molecule has 0 aliphatic rings. The van der Waals surface area contributed by atoms with Crippen molar-refractivity contribution in [3.8, 4) is 5.75 Å². The minimum atomic E-state index is -4.75. The first-order chi connectivity index (χ1) is 8.78. The Kier molecular flexibility index (Phi) is 5.35. The first-order valence-corrected chi connectivity index (χ1v) is 5.92. The van der Waals surface area contributed by atoms with Gasteiger partial charge in [-0.1, -0.05) is 12.1 Å². The van der Waals surface area contributed by atoms with Gasteiger partial charge in [0.15, 0.2) is 5.78 Å². The van der Waals surface area contributed by atoms with Gasteiger partial charge < -0.3 is 10.5 Å². The normalized spacial score (nSPS) is 13.1. The molecule has 19 heavy (non-hydrogen) atoms. The average molecular weight is 275 g/mol. The van der Waals surface area contributed by atoms with Crippen LogP contribution in [0.4, 0.5) is 13.2 Å². The number of halogens is 3. The van der Waals surface area contributed by atoms with Crippen molar-refractivity contribution >= 4 is 5.78 Å². The highest BCUT2D eigenvalue weighted by Gasteiger charge is 2.31. The van der Waals surface area contributed by atoms with Crippen LogP contribution in [0.5, 0.6) is 5.75 Å². The molecule has 1 aromatic rings. The van der Waals surface area contributed by atoms with Crippen molar-refractivity contribution in [2.75, 3.05) is 0 Å². The SMILES string of the molecule is CC(N)CCCC(=O)c1cccc(OC(F)(F)F)c1. The number of ether oxygens (including phenoxy) is 1. The lowest BCUT2D eigenvalue weighted by Gasteiger charge is -2.10. The molecule has 6 heteroatoms. The van der Waals surface area contributed by atoms with Crippen LogP contribution < -0.4 is 10.5 Å². The standard InChI is InChI=1S/C13H16F3NO2/c1-9(17)4-2-7-12(18)10-5-3-6-11(8-10)19-13(14,15)16/h3,5-6,8-9H,2,4,7,17H2,1H3. The number of hydrogen-bond acceptors (Lipinski definition) is 3. The fraction of sp³-hybridized carbons (Fsp3) is 0.462. The van der Waals surface area contributed by atoms with Crippen molar-refractivity contribution in [2.45, 2.75) is 38.6 Å². The molecule has 1 aromatic carbocycles. The lowest BCUT2D eigenvalue weighted by atomic mass is 10.0. The molecule has 0 saturated carbocycles. The first kappa shape index (κ1) is 15.5. The molecular weight excluding hydrogens is 259 g/mol. The fourth-order valence-corrected chi connectivity index (χ4v) is 1.60. The van der Waals surface area contributed by atoms with Gasteiger partial charge in [0.1, 0.15) is 5.75 Å². The van der Waals surface area contributed by atoms with E-state index in [4.69, 9.17) is 5.73 Å². The van der Waals surface area contributed by atoms with Gasteiger partial charge in [0.25, 0.3) is 0 Å². The lowest BCUT2D eigenvalue weighted by Crippen LogP contribution is -2.17. The highest BCUT2D eigenvalue weighted by Crippen LogP contribution is 2.23. The van der Waals surface area contributed by atoms with E-state index in [0.29, 0.717) is 12.8 Å². The Labute approximate surface area is 109 Å². The Morgan fingerprint density at radius 3 is 2.68 bits per heavy atom. The van der Waals surface area contributed by atoms with Crippen molar-refractivity contribution in [1.29, 1.82) is 0 Å². The van der Waals surface area contributed by atoms with Crippen molar-refractivity contribution in [3.63, 3.8) is 0 Å². The molecule has 0 aliphatic heterocycles. The van der Waals surface area contributed by atoms with Crippen LogP contribution in [0.1, 0.15) is 36.5 Å². The summed E-state index contributed by atoms with van der Waals surface area (Å²) >= 11 is 0. The zero-order chi connectivity index (χ0) is 14.5. The maximum atomic E-state index is 12.0. The summed E-state index contributed by atoms with van der Waals surface area (Å²) in [5.41, 5.74) is 5.77. The summed E-state index contributed by atoms with van der Waals surface area (Å²) in [5.74, 6) is -0.598. The number of alkyl halides is 3. The monoisotopic (exact) mass is 275 g/mol. The number of carbonyl (C=O) groups is 1. The molecule has 0 spiro atoms. The predicted molar refractivity (Wildman–Crippen MR) is 65.0 cm³/mol. The van der Waals surface area contributed by atoms with Gasteiger partial charge in [-0.15, -0.1) is 13.2 Å². The van der Waals surface area contributed by atoms with Gasteiger partial charge >= 0.3 is 6.36 Å². The van der Waals surface area contributed by atoms with E-state index in [9.17, 15) is 18.0 Å². The van der Waals surface area contributed by atoms with Gasteiger partial charge in [-0.2, -0.15) is 0 Å². The summed E-state index contributed by atoms with van der Waals surface area (Å²) in [6, 6.07) is 5.10. The molecule has 0 radical (unpaired) electrons. The van der Waals surface area contributed by atoms with Gasteiger partial charge in [0, 0.05) is 18.0 Å². The molecule has 0 heterocycles. The highest BCUT2D eigenvalue weighted by molar-refractivity contribution is 5.96. The number of hydrogen-bond donors (Lipinski definition) is 1. The zero-order valence-electron chi connectivity index (χ0n) is 10.5. The molecule has 1 unspecified atom stereocenters. The molecule has 1 rings (SSSR count). The molecule has 106 valence electrons. The number of benzene rings is 1. The van der Waals surface area contributed by atoms with E-state index in [1.165, 1.54) is 12.1 Å². The number of nitrogens with two attached hydrogens (primary N) is 1. The van der Waals surface area contributed by atoms with E-state index in [0.717, 1.165) is 12.1 Å². The molecule has 0 amide bonds. The topological polar surface area (TPSA) is 52.3 Å². The predicted octanol–water partition coefficient (Wildman–Crippen LogP) is 3.29. The maximum absolute atomic E-state index is 12.0. The Bertz CT molecular complexity index is 430. The van der Waals surface area contributed by atoms with E-state index in [1.54, 1.807) is 0 Å². The molecule has 0 bridgehead atoms. The van der Waals surface area contributed by atoms with Gasteiger partial charge in [-0.3, -0.25) is 4.79 Å². The van der Waals surface area contributed by atoms with E-state index in [2.05, 4.69) is 4.74 Å². The highest BCUT2D eigenvalue weighted by atomic mass is 19.4. The summed E-state index contributed by atoms with van der Waals surface area (Å²) in [4.78, 5) is 11.8. The Balaban J connectivity index is 2.63. The fourth-order valence-electron chi connectivity index (χ4n) is 1.60. The van der Waals surface area contributed by atoms with Crippen LogP contribution in [0, 0.1) is 0 Å². The second-order valence-electron chi connectivity index (χ2n) is 4.37. The van der Waals surface area contributed by atoms with Crippen molar-refractivity contribution in [3.05, 3.63) is 29.8 Å². The van der Waals surface area contributed by atoms with Gasteiger partial charge in [0.2, 0.25) is 0 Å². The summed E-state index contributed by atoms with van der Waals surface area (Å²) < 4.78 is 39.9. The summed E-state index contributed by atoms with van der Waals surface area (Å²) in [6.45, 7) is 1.84. The summed E-state index contributed by atoms with van der Waals surface area (Å²) in [6.07, 6.45) is -3.18. The molecule has 0 fully saturated rings. The second kappa shape index (κ2) is 6.56. The van der Waals surface area contributed by atoms with Crippen LogP contribution in [0.15, 0.2) is 24.3 Å². The van der Waals surface area contributed by atoms with E-state index in [1.807, 2.05) is 6.92 Å². The molecular formula is C13H16F3NO2. The van der Waals surface area contributed by atoms with Crippen molar-refractivity contribution < 1.29 is 22.7 Å². The van der Waals surface area contributed by atoms with Crippen molar-refractivity contribution in [2.24, 2.45) is 5.73 Å². The van der Waals surface area contributed by atoms with Crippen molar-refractivity contribution in [1.82, 2.24) is 0 Å².